The van der Waals surface area contributed by atoms with Gasteiger partial charge in [0.05, 0.1) is 37.6 Å². The Morgan fingerprint density at radius 3 is 0.787 bits per heavy atom. The molecule has 1 aliphatic carbocycles. The van der Waals surface area contributed by atoms with Gasteiger partial charge in [0, 0.05) is 52.1 Å². The van der Waals surface area contributed by atoms with E-state index in [2.05, 4.69) is 0 Å². The Hall–Kier alpha value is -7.40. The number of fused-ring (bicyclic) bond motifs is 8. The molecule has 0 amide bonds. The van der Waals surface area contributed by atoms with E-state index in [0.29, 0.717) is 48.7 Å². The lowest BCUT2D eigenvalue weighted by molar-refractivity contribution is 0.0706. The third-order valence-electron chi connectivity index (χ3n) is 12.3. The summed E-state index contributed by atoms with van der Waals surface area (Å²) >= 11 is 0. The average Bonchev–Trinajstić information content (AvgIpc) is 3.55. The van der Waals surface area contributed by atoms with Crippen LogP contribution in [0.25, 0.3) is 0 Å². The molecule has 22 heteroatoms. The highest BCUT2D eigenvalue weighted by atomic mass is 19.2. The summed E-state index contributed by atoms with van der Waals surface area (Å²) in [5.74, 6) is -29.8. The van der Waals surface area contributed by atoms with E-state index in [9.17, 15) is 35.9 Å². The zero-order valence-corrected chi connectivity index (χ0v) is 43.8. The van der Waals surface area contributed by atoms with Crippen LogP contribution in [0.3, 0.4) is 0 Å². The summed E-state index contributed by atoms with van der Waals surface area (Å²) < 4.78 is 205. The van der Waals surface area contributed by atoms with E-state index in [0.717, 1.165) is 0 Å². The quantitative estimate of drug-likeness (QED) is 0.0143. The molecular formula is C58H54F10O12. The maximum Gasteiger partial charge on any atom is 0.343 e. The van der Waals surface area contributed by atoms with Gasteiger partial charge < -0.3 is 47.4 Å². The lowest BCUT2D eigenvalue weighted by atomic mass is 9.89. The summed E-state index contributed by atoms with van der Waals surface area (Å²) in [6, 6.07) is 15.0. The van der Waals surface area contributed by atoms with E-state index in [1.165, 1.54) is 24.3 Å². The Bertz CT molecular complexity index is 2850. The monoisotopic (exact) mass is 1130 g/mol. The number of para-hydroxylation sites is 2. The summed E-state index contributed by atoms with van der Waals surface area (Å²) in [6.45, 7) is 8.52. The predicted octanol–water partition coefficient (Wildman–Crippen LogP) is 11.9. The first-order chi connectivity index (χ1) is 38.5. The van der Waals surface area contributed by atoms with E-state index in [4.69, 9.17) is 47.4 Å². The van der Waals surface area contributed by atoms with Crippen molar-refractivity contribution in [3.63, 3.8) is 0 Å². The number of carbonyl (C=O) groups is 2. The Labute approximate surface area is 453 Å². The van der Waals surface area contributed by atoms with Crippen LogP contribution >= 0.6 is 0 Å². The van der Waals surface area contributed by atoms with Gasteiger partial charge in [-0.3, -0.25) is 0 Å². The van der Waals surface area contributed by atoms with Gasteiger partial charge in [-0.15, -0.1) is 0 Å². The molecule has 0 aliphatic heterocycles. The molecule has 0 atom stereocenters. The largest absolute Gasteiger partial charge is 0.491 e. The van der Waals surface area contributed by atoms with Gasteiger partial charge in [0.2, 0.25) is 69.7 Å². The number of esters is 2. The third-order valence-corrected chi connectivity index (χ3v) is 12.3. The number of hydrogen-bond acceptors (Lipinski definition) is 12. The summed E-state index contributed by atoms with van der Waals surface area (Å²) in [6.07, 6.45) is -0.693. The van der Waals surface area contributed by atoms with E-state index in [1.807, 2.05) is 0 Å². The first-order valence-electron chi connectivity index (χ1n) is 25.3. The number of hydrogen-bond donors (Lipinski definition) is 0. The molecule has 0 unspecified atom stereocenters. The van der Waals surface area contributed by atoms with Crippen molar-refractivity contribution in [2.45, 2.75) is 53.4 Å². The molecule has 6 aromatic carbocycles. The summed E-state index contributed by atoms with van der Waals surface area (Å²) in [5, 5.41) is 0. The predicted molar refractivity (Wildman–Crippen MR) is 267 cm³/mol. The van der Waals surface area contributed by atoms with Crippen molar-refractivity contribution in [1.29, 1.82) is 0 Å². The number of carbonyl (C=O) groups excluding carboxylic acids is 2. The van der Waals surface area contributed by atoms with Crippen LogP contribution < -0.4 is 28.4 Å². The van der Waals surface area contributed by atoms with Gasteiger partial charge in [0.25, 0.3) is 0 Å². The van der Waals surface area contributed by atoms with Gasteiger partial charge in [0.15, 0.2) is 0 Å². The van der Waals surface area contributed by atoms with E-state index in [-0.39, 0.29) is 124 Å². The van der Waals surface area contributed by atoms with Crippen LogP contribution in [0.15, 0.2) is 60.7 Å². The topological polar surface area (TPSA) is 126 Å². The molecule has 80 heavy (non-hydrogen) atoms. The molecule has 0 spiro atoms. The van der Waals surface area contributed by atoms with Crippen LogP contribution in [-0.2, 0) is 44.6 Å². The fraction of sp³-hybridized carbons (Fsp3) is 0.345. The summed E-state index contributed by atoms with van der Waals surface area (Å²) in [5.41, 5.74) is 1.68. The first kappa shape index (κ1) is 60.2. The lowest BCUT2D eigenvalue weighted by Crippen LogP contribution is -2.17. The Kier molecular flexibility index (Phi) is 21.2. The van der Waals surface area contributed by atoms with Crippen molar-refractivity contribution in [2.75, 3.05) is 79.3 Å². The van der Waals surface area contributed by atoms with Crippen LogP contribution in [0.4, 0.5) is 43.9 Å². The van der Waals surface area contributed by atoms with E-state index in [1.54, 1.807) is 64.1 Å². The fourth-order valence-electron chi connectivity index (χ4n) is 8.70. The molecule has 0 aromatic heterocycles. The minimum Gasteiger partial charge on any atom is -0.491 e. The number of rotatable bonds is 24. The van der Waals surface area contributed by atoms with E-state index < -0.39 is 92.7 Å². The Morgan fingerprint density at radius 1 is 0.325 bits per heavy atom. The van der Waals surface area contributed by atoms with Gasteiger partial charge in [-0.05, 0) is 96.5 Å². The Balaban J connectivity index is 1.51. The van der Waals surface area contributed by atoms with Gasteiger partial charge in [-0.2, -0.15) is 17.6 Å². The molecule has 0 saturated carbocycles. The normalized spacial score (nSPS) is 12.1. The van der Waals surface area contributed by atoms with Crippen molar-refractivity contribution in [2.24, 2.45) is 0 Å². The van der Waals surface area contributed by atoms with Gasteiger partial charge >= 0.3 is 11.9 Å². The second-order valence-electron chi connectivity index (χ2n) is 17.5. The molecule has 0 fully saturated rings. The molecule has 0 saturated heterocycles. The zero-order chi connectivity index (χ0) is 57.6. The van der Waals surface area contributed by atoms with Gasteiger partial charge in [0.1, 0.15) is 49.4 Å². The molecule has 0 radical (unpaired) electrons. The van der Waals surface area contributed by atoms with Gasteiger partial charge in [-0.1, -0.05) is 36.4 Å². The maximum absolute atomic E-state index is 15.1. The molecule has 0 N–H and O–H groups in total. The third kappa shape index (κ3) is 13.9. The molecule has 12 nitrogen and oxygen atoms in total. The summed E-state index contributed by atoms with van der Waals surface area (Å²) in [7, 11) is 0. The number of benzene rings is 6. The number of ether oxygens (including phenoxy) is 10. The smallest absolute Gasteiger partial charge is 0.343 e. The van der Waals surface area contributed by atoms with Gasteiger partial charge in [-0.25, -0.2) is 35.9 Å². The lowest BCUT2D eigenvalue weighted by Gasteiger charge is -2.24. The first-order valence-corrected chi connectivity index (χ1v) is 25.3. The Morgan fingerprint density at radius 2 is 0.550 bits per heavy atom. The fourth-order valence-corrected chi connectivity index (χ4v) is 8.70. The minimum absolute atomic E-state index is 0.0481. The molecular weight excluding hydrogens is 1080 g/mol. The van der Waals surface area contributed by atoms with Crippen molar-refractivity contribution in [3.8, 4) is 34.5 Å². The zero-order valence-electron chi connectivity index (χ0n) is 43.8. The number of halogens is 10. The van der Waals surface area contributed by atoms with Crippen LogP contribution in [0.1, 0.15) is 92.9 Å². The molecule has 1 aliphatic rings. The molecule has 8 bridgehead atoms. The summed E-state index contributed by atoms with van der Waals surface area (Å²) in [4.78, 5) is 28.3. The van der Waals surface area contributed by atoms with Crippen molar-refractivity contribution in [1.82, 2.24) is 0 Å². The van der Waals surface area contributed by atoms with Crippen LogP contribution in [0.5, 0.6) is 34.5 Å². The second kappa shape index (κ2) is 28.1. The van der Waals surface area contributed by atoms with Crippen molar-refractivity contribution < 1.29 is 101 Å². The molecule has 0 heterocycles. The van der Waals surface area contributed by atoms with Crippen molar-refractivity contribution in [3.05, 3.63) is 174 Å². The molecule has 7 rings (SSSR count). The molecule has 428 valence electrons. The standard InChI is InChI=1S/C58H54F10O12/c1-5-71-15-19-75-51-31-11-9-12-32(51)24-36-28-40(58(70)80-56-49(67)45(63)42(60)46(64)50(56)68)30-38(54(36)78-22-18-74-8-4)26-34-14-10-13-33(52(34)76-20-16-72-6-2)25-37-29-39(27-35(23-31)53(37)77-21-17-73-7-3)57(69)79-55-47(65)43(61)41(59)44(62)48(55)66/h9-14,27-30H,5-8,15-26H2,1-4H3. The highest BCUT2D eigenvalue weighted by Gasteiger charge is 2.32. The maximum atomic E-state index is 15.1. The minimum atomic E-state index is -2.47. The second-order valence-corrected chi connectivity index (χ2v) is 17.5. The van der Waals surface area contributed by atoms with Crippen LogP contribution in [0.2, 0.25) is 0 Å². The highest BCUT2D eigenvalue weighted by molar-refractivity contribution is 5.93. The van der Waals surface area contributed by atoms with Crippen molar-refractivity contribution >= 4 is 11.9 Å². The van der Waals surface area contributed by atoms with Crippen LogP contribution in [0, 0.1) is 58.2 Å². The average molecular weight is 1130 g/mol. The van der Waals surface area contributed by atoms with E-state index >= 15 is 17.6 Å². The SMILES string of the molecule is CCOCCOc1c2cccc1Cc1cc(C(=O)Oc3c(F)c(F)c(F)c(F)c3F)cc(c1OCCOCC)Cc1cccc(c1OCCOCC)Cc1cc(C(=O)Oc3c(F)c(F)c(F)c(F)c3F)cc(c1OCCOCC)C2. The molecule has 6 aromatic rings. The highest BCUT2D eigenvalue weighted by Crippen LogP contribution is 2.41. The van der Waals surface area contributed by atoms with Crippen LogP contribution in [-0.4, -0.2) is 91.2 Å².